The summed E-state index contributed by atoms with van der Waals surface area (Å²) in [5.41, 5.74) is 2.19. The van der Waals surface area contributed by atoms with Gasteiger partial charge in [0.25, 0.3) is 0 Å². The van der Waals surface area contributed by atoms with Gasteiger partial charge in [-0.15, -0.1) is 0 Å². The smallest absolute Gasteiger partial charge is 0.308 e. The van der Waals surface area contributed by atoms with Crippen LogP contribution < -0.4 is 0 Å². The van der Waals surface area contributed by atoms with Crippen molar-refractivity contribution in [1.82, 2.24) is 4.90 Å². The highest BCUT2D eigenvalue weighted by atomic mass is 16.8. The van der Waals surface area contributed by atoms with Crippen LogP contribution in [-0.2, 0) is 75.8 Å². The van der Waals surface area contributed by atoms with Gasteiger partial charge in [-0.2, -0.15) is 0 Å². The second-order valence-electron chi connectivity index (χ2n) is 28.5. The van der Waals surface area contributed by atoms with Crippen LogP contribution in [0, 0.1) is 29.6 Å². The summed E-state index contributed by atoms with van der Waals surface area (Å²) < 4.78 is 105. The Balaban J connectivity index is 0.655. The van der Waals surface area contributed by atoms with E-state index >= 15 is 0 Å². The van der Waals surface area contributed by atoms with Gasteiger partial charge in [0.15, 0.2) is 17.4 Å². The summed E-state index contributed by atoms with van der Waals surface area (Å²) in [6.45, 7) is 21.5. The third kappa shape index (κ3) is 9.54. The van der Waals surface area contributed by atoms with Crippen LogP contribution in [0.5, 0.6) is 0 Å². The Hall–Kier alpha value is -1.65. The van der Waals surface area contributed by atoms with Gasteiger partial charge in [-0.3, -0.25) is 4.79 Å². The van der Waals surface area contributed by atoms with Crippen molar-refractivity contribution in [2.75, 3.05) is 20.6 Å². The molecule has 79 heavy (non-hydrogen) atoms. The SMILES string of the molecule is C=C1CC2CCC34CC5OC6C(OC7CCC(CC(=O)OC8C(CC9OC(CCC1O2)CC(C)C9=C)OC1CC2OC9(CC2OC1C8C)CC1OC2(CC(C)C8OC(CCN(C)C)C(C)CC8O2)CC(C)C1O9)OC7C6O3)C5O4. The van der Waals surface area contributed by atoms with Gasteiger partial charge >= 0.3 is 5.97 Å². The number of esters is 1. The molecule has 31 unspecified atom stereocenters. The fourth-order valence-corrected chi connectivity index (χ4v) is 18.5. The van der Waals surface area contributed by atoms with Crippen molar-refractivity contribution < 1.29 is 75.8 Å². The number of carbonyl (C=O) groups is 1. The zero-order chi connectivity index (χ0) is 54.0. The van der Waals surface area contributed by atoms with Crippen LogP contribution in [-0.4, -0.2) is 189 Å². The minimum Gasteiger partial charge on any atom is -0.459 e. The Kier molecular flexibility index (Phi) is 13.8. The molecule has 16 fully saturated rings. The van der Waals surface area contributed by atoms with Crippen molar-refractivity contribution >= 4 is 5.97 Å². The molecular formula is C62H91NO16. The largest absolute Gasteiger partial charge is 0.459 e. The quantitative estimate of drug-likeness (QED) is 0.203. The molecule has 16 saturated heterocycles. The molecule has 0 saturated carbocycles. The Morgan fingerprint density at radius 3 is 1.99 bits per heavy atom. The predicted octanol–water partition coefficient (Wildman–Crippen LogP) is 7.41. The van der Waals surface area contributed by atoms with Gasteiger partial charge in [-0.05, 0) is 113 Å². The summed E-state index contributed by atoms with van der Waals surface area (Å²) in [5.74, 6) is -1.72. The molecule has 12 bridgehead atoms. The van der Waals surface area contributed by atoms with Crippen LogP contribution in [0.1, 0.15) is 150 Å². The lowest BCUT2D eigenvalue weighted by molar-refractivity contribution is -0.369. The minimum absolute atomic E-state index is 0.00279. The van der Waals surface area contributed by atoms with E-state index in [1.165, 1.54) is 0 Å². The highest BCUT2D eigenvalue weighted by molar-refractivity contribution is 5.70. The third-order valence-corrected chi connectivity index (χ3v) is 22.4. The molecular weight excluding hydrogens is 1010 g/mol. The Labute approximate surface area is 467 Å². The van der Waals surface area contributed by atoms with Gasteiger partial charge in [0.1, 0.15) is 36.6 Å². The van der Waals surface area contributed by atoms with Crippen LogP contribution >= 0.6 is 0 Å². The van der Waals surface area contributed by atoms with Crippen molar-refractivity contribution in [3.63, 3.8) is 0 Å². The van der Waals surface area contributed by atoms with E-state index in [1.807, 2.05) is 0 Å². The number of hydrogen-bond donors (Lipinski definition) is 0. The van der Waals surface area contributed by atoms with Crippen LogP contribution in [0.25, 0.3) is 0 Å². The number of nitrogens with zero attached hydrogens (tertiary/aromatic N) is 1. The maximum Gasteiger partial charge on any atom is 0.308 e. The first kappa shape index (κ1) is 54.0. The molecule has 0 aromatic heterocycles. The molecule has 17 nitrogen and oxygen atoms in total. The summed E-state index contributed by atoms with van der Waals surface area (Å²) in [6.07, 6.45) is 8.25. The number of rotatable bonds is 3. The molecule has 0 amide bonds. The van der Waals surface area contributed by atoms with E-state index < -0.39 is 35.7 Å². The number of carbonyl (C=O) groups excluding carboxylic acids is 1. The van der Waals surface area contributed by atoms with Gasteiger partial charge in [0.05, 0.1) is 110 Å². The van der Waals surface area contributed by atoms with E-state index in [2.05, 4.69) is 66.8 Å². The summed E-state index contributed by atoms with van der Waals surface area (Å²) >= 11 is 0. The summed E-state index contributed by atoms with van der Waals surface area (Å²) in [7, 11) is 4.26. The van der Waals surface area contributed by atoms with Crippen molar-refractivity contribution in [1.29, 1.82) is 0 Å². The van der Waals surface area contributed by atoms with E-state index in [4.69, 9.17) is 71.1 Å². The Morgan fingerprint density at radius 2 is 1.14 bits per heavy atom. The first-order valence-electron chi connectivity index (χ1n) is 31.5. The molecule has 16 aliphatic heterocycles. The lowest BCUT2D eigenvalue weighted by atomic mass is 9.77. The highest BCUT2D eigenvalue weighted by Crippen LogP contribution is 2.58. The number of hydrogen-bond acceptors (Lipinski definition) is 17. The fraction of sp³-hybridized carbons (Fsp3) is 0.919. The molecule has 0 aromatic rings. The van der Waals surface area contributed by atoms with Crippen molar-refractivity contribution in [3.8, 4) is 0 Å². The summed E-state index contributed by atoms with van der Waals surface area (Å²) in [4.78, 5) is 16.8. The van der Waals surface area contributed by atoms with E-state index in [9.17, 15) is 4.79 Å². The first-order chi connectivity index (χ1) is 37.9. The van der Waals surface area contributed by atoms with Crippen LogP contribution in [0.15, 0.2) is 24.3 Å². The average Bonchev–Trinajstić information content (AvgIpc) is 3.93. The normalized spacial score (nSPS) is 57.5. The zero-order valence-electron chi connectivity index (χ0n) is 48.0. The van der Waals surface area contributed by atoms with Crippen LogP contribution in [0.3, 0.4) is 0 Å². The predicted molar refractivity (Wildman–Crippen MR) is 282 cm³/mol. The van der Waals surface area contributed by atoms with E-state index in [1.54, 1.807) is 0 Å². The fourth-order valence-electron chi connectivity index (χ4n) is 18.5. The number of ether oxygens (including phenoxy) is 15. The molecule has 16 rings (SSSR count). The summed E-state index contributed by atoms with van der Waals surface area (Å²) in [6, 6.07) is 0. The van der Waals surface area contributed by atoms with Crippen LogP contribution in [0.2, 0.25) is 0 Å². The monoisotopic (exact) mass is 1110 g/mol. The van der Waals surface area contributed by atoms with E-state index in [0.717, 1.165) is 81.9 Å². The second-order valence-corrected chi connectivity index (χ2v) is 28.5. The molecule has 17 heteroatoms. The molecule has 0 radical (unpaired) electrons. The molecule has 16 aliphatic rings. The lowest BCUT2D eigenvalue weighted by Crippen LogP contribution is -2.62. The van der Waals surface area contributed by atoms with Gasteiger partial charge in [0, 0.05) is 57.3 Å². The van der Waals surface area contributed by atoms with Crippen molar-refractivity contribution in [3.05, 3.63) is 24.3 Å². The molecule has 31 atom stereocenters. The minimum atomic E-state index is -0.852. The topological polar surface area (TPSA) is 159 Å². The molecule has 16 heterocycles. The van der Waals surface area contributed by atoms with Gasteiger partial charge in [-0.25, -0.2) is 0 Å². The zero-order valence-corrected chi connectivity index (χ0v) is 48.0. The highest BCUT2D eigenvalue weighted by Gasteiger charge is 2.70. The van der Waals surface area contributed by atoms with Gasteiger partial charge in [-0.1, -0.05) is 47.8 Å². The maximum atomic E-state index is 14.6. The standard InChI is InChI=1S/C62H91NO16/c1-29-18-36-10-12-39-30(2)19-38(65-39)14-16-60-27-48-56(78-60)57-58(72-48)59(79-60)55-41(70-57)13-11-37(67-55)21-50(64)73-54-35(7)53-45(68-44(54)22-42(66-36)34(29)6)23-43-47(71-53)26-62(74-43)28-49-52(77-62)33(5)25-61(76-49)24-32(4)51-46(75-61)20-31(3)40(69-51)15-17-63(8)9/h29,31-33,35-49,51-59H,2,6,10-28H2,1,3-5,7-9H3. The Bertz CT molecular complexity index is 2340. The first-order valence-corrected chi connectivity index (χ1v) is 31.5. The average molecular weight is 1110 g/mol. The molecule has 0 aromatic carbocycles. The maximum absolute atomic E-state index is 14.6. The van der Waals surface area contributed by atoms with Crippen LogP contribution in [0.4, 0.5) is 0 Å². The lowest BCUT2D eigenvalue weighted by Gasteiger charge is -2.55. The molecule has 0 N–H and O–H groups in total. The second kappa shape index (κ2) is 20.2. The van der Waals surface area contributed by atoms with Crippen molar-refractivity contribution in [2.45, 2.75) is 308 Å². The van der Waals surface area contributed by atoms with E-state index in [0.29, 0.717) is 56.8 Å². The molecule has 440 valence electrons. The molecule has 3 spiro atoms. The molecule has 0 aliphatic carbocycles. The Morgan fingerprint density at radius 1 is 0.468 bits per heavy atom. The van der Waals surface area contributed by atoms with Crippen molar-refractivity contribution in [2.24, 2.45) is 29.6 Å². The number of fused-ring (bicyclic) bond motifs is 10. The van der Waals surface area contributed by atoms with E-state index in [-0.39, 0.29) is 152 Å². The van der Waals surface area contributed by atoms with Gasteiger partial charge in [0.2, 0.25) is 0 Å². The van der Waals surface area contributed by atoms with Gasteiger partial charge < -0.3 is 76.0 Å². The summed E-state index contributed by atoms with van der Waals surface area (Å²) in [5, 5.41) is 0. The third-order valence-electron chi connectivity index (χ3n) is 22.4.